The summed E-state index contributed by atoms with van der Waals surface area (Å²) in [4.78, 5) is 22.6. The lowest BCUT2D eigenvalue weighted by Crippen LogP contribution is -2.19. The molecule has 0 spiro atoms. The normalized spacial score (nSPS) is 17.6. The van der Waals surface area contributed by atoms with Crippen molar-refractivity contribution in [3.63, 3.8) is 0 Å². The Labute approximate surface area is 172 Å². The van der Waals surface area contributed by atoms with Gasteiger partial charge in [0.1, 0.15) is 23.3 Å². The van der Waals surface area contributed by atoms with Crippen LogP contribution in [0.1, 0.15) is 24.5 Å². The molecule has 2 aromatic heterocycles. The summed E-state index contributed by atoms with van der Waals surface area (Å²) in [6.07, 6.45) is 1.17. The van der Waals surface area contributed by atoms with E-state index < -0.39 is 23.8 Å². The number of carbonyl (C=O) groups is 1. The van der Waals surface area contributed by atoms with Gasteiger partial charge in [-0.1, -0.05) is 6.92 Å². The van der Waals surface area contributed by atoms with Gasteiger partial charge in [-0.2, -0.15) is 5.26 Å². The minimum Gasteiger partial charge on any atom is -0.334 e. The van der Waals surface area contributed by atoms with E-state index >= 15 is 0 Å². The van der Waals surface area contributed by atoms with Crippen molar-refractivity contribution in [3.8, 4) is 6.07 Å². The Morgan fingerprint density at radius 2 is 2.17 bits per heavy atom. The van der Waals surface area contributed by atoms with E-state index in [0.717, 1.165) is 0 Å². The number of hydrogen-bond acceptors (Lipinski definition) is 5. The molecule has 0 saturated heterocycles. The summed E-state index contributed by atoms with van der Waals surface area (Å²) < 4.78 is 29.9. The molecule has 0 bridgehead atoms. The number of aryl methyl sites for hydroxylation is 2. The number of aromatic nitrogens is 3. The first-order valence-electron chi connectivity index (χ1n) is 9.57. The van der Waals surface area contributed by atoms with Crippen LogP contribution in [0.5, 0.6) is 0 Å². The molecule has 154 valence electrons. The molecule has 1 fully saturated rings. The van der Waals surface area contributed by atoms with Crippen LogP contribution in [0.4, 0.5) is 26.1 Å². The molecule has 1 amide bonds. The van der Waals surface area contributed by atoms with Crippen molar-refractivity contribution < 1.29 is 13.6 Å². The highest BCUT2D eigenvalue weighted by Crippen LogP contribution is 2.36. The molecule has 1 aliphatic rings. The molecule has 2 atom stereocenters. The maximum absolute atomic E-state index is 14.9. The van der Waals surface area contributed by atoms with E-state index in [1.165, 1.54) is 6.07 Å². The molecular weight excluding hydrogens is 390 g/mol. The molecule has 0 radical (unpaired) electrons. The van der Waals surface area contributed by atoms with E-state index in [1.54, 1.807) is 42.0 Å². The van der Waals surface area contributed by atoms with Gasteiger partial charge in [-0.15, -0.1) is 0 Å². The summed E-state index contributed by atoms with van der Waals surface area (Å²) in [5.41, 5.74) is 2.35. The third-order valence-electron chi connectivity index (χ3n) is 5.32. The van der Waals surface area contributed by atoms with Gasteiger partial charge in [-0.3, -0.25) is 4.79 Å². The number of nitrogens with one attached hydrogen (secondary N) is 1. The molecule has 30 heavy (non-hydrogen) atoms. The molecule has 1 aliphatic carbocycles. The van der Waals surface area contributed by atoms with E-state index in [1.807, 2.05) is 13.0 Å². The number of rotatable bonds is 5. The average Bonchev–Trinajstić information content (AvgIpc) is 3.35. The van der Waals surface area contributed by atoms with Crippen LogP contribution in [0.3, 0.4) is 0 Å². The zero-order valence-electron chi connectivity index (χ0n) is 16.8. The number of amides is 1. The molecule has 0 unspecified atom stereocenters. The van der Waals surface area contributed by atoms with Crippen LogP contribution in [0.25, 0.3) is 11.0 Å². The maximum atomic E-state index is 14.9. The van der Waals surface area contributed by atoms with Crippen LogP contribution in [0.2, 0.25) is 0 Å². The summed E-state index contributed by atoms with van der Waals surface area (Å²) in [6.45, 7) is 1.87. The summed E-state index contributed by atoms with van der Waals surface area (Å²) in [5.74, 6) is -1.07. The number of fused-ring (bicyclic) bond motifs is 1. The Bertz CT molecular complexity index is 1200. The maximum Gasteiger partial charge on any atom is 0.231 e. The highest BCUT2D eigenvalue weighted by atomic mass is 19.1. The van der Waals surface area contributed by atoms with E-state index in [9.17, 15) is 13.6 Å². The lowest BCUT2D eigenvalue weighted by atomic mass is 10.1. The monoisotopic (exact) mass is 410 g/mol. The summed E-state index contributed by atoms with van der Waals surface area (Å²) in [7, 11) is 3.46. The Morgan fingerprint density at radius 1 is 1.43 bits per heavy atom. The van der Waals surface area contributed by atoms with E-state index in [2.05, 4.69) is 15.3 Å². The van der Waals surface area contributed by atoms with Crippen molar-refractivity contribution in [2.75, 3.05) is 17.3 Å². The number of nitriles is 1. The van der Waals surface area contributed by atoms with Gasteiger partial charge >= 0.3 is 0 Å². The lowest BCUT2D eigenvalue weighted by Gasteiger charge is -2.23. The summed E-state index contributed by atoms with van der Waals surface area (Å²) >= 11 is 0. The van der Waals surface area contributed by atoms with Crippen LogP contribution in [0.15, 0.2) is 24.5 Å². The largest absolute Gasteiger partial charge is 0.334 e. The number of alkyl halides is 1. The molecule has 9 heteroatoms. The van der Waals surface area contributed by atoms with Gasteiger partial charge in [0.2, 0.25) is 5.91 Å². The molecule has 4 rings (SSSR count). The Balaban J connectivity index is 1.80. The predicted octanol–water partition coefficient (Wildman–Crippen LogP) is 3.61. The van der Waals surface area contributed by atoms with Crippen LogP contribution >= 0.6 is 0 Å². The number of imidazole rings is 1. The molecule has 1 saturated carbocycles. The number of carbonyl (C=O) groups excluding carboxylic acids is 1. The van der Waals surface area contributed by atoms with E-state index in [4.69, 9.17) is 5.26 Å². The molecule has 1 aromatic carbocycles. The quantitative estimate of drug-likeness (QED) is 0.694. The SMILES string of the molecule is CCc1cc(C#N)cc(F)c1N(C)c1cc2c(ncn2C)c(NC(=O)[C@@H]2C[C@@H]2F)n1. The first kappa shape index (κ1) is 19.8. The smallest absolute Gasteiger partial charge is 0.231 e. The number of benzene rings is 1. The molecule has 2 heterocycles. The van der Waals surface area contributed by atoms with Crippen molar-refractivity contribution in [1.82, 2.24) is 14.5 Å². The highest BCUT2D eigenvalue weighted by Gasteiger charge is 2.44. The van der Waals surface area contributed by atoms with Gasteiger partial charge in [0.05, 0.1) is 35.1 Å². The summed E-state index contributed by atoms with van der Waals surface area (Å²) in [5, 5.41) is 11.8. The fourth-order valence-corrected chi connectivity index (χ4v) is 3.50. The van der Waals surface area contributed by atoms with E-state index in [-0.39, 0.29) is 17.8 Å². The third kappa shape index (κ3) is 3.34. The van der Waals surface area contributed by atoms with Gasteiger partial charge < -0.3 is 14.8 Å². The van der Waals surface area contributed by atoms with Gasteiger partial charge in [-0.05, 0) is 30.5 Å². The van der Waals surface area contributed by atoms with E-state index in [0.29, 0.717) is 34.5 Å². The average molecular weight is 410 g/mol. The van der Waals surface area contributed by atoms with Gasteiger partial charge in [0.25, 0.3) is 0 Å². The zero-order chi connectivity index (χ0) is 21.6. The Morgan fingerprint density at radius 3 is 2.80 bits per heavy atom. The fourth-order valence-electron chi connectivity index (χ4n) is 3.50. The third-order valence-corrected chi connectivity index (χ3v) is 5.32. The first-order chi connectivity index (χ1) is 14.3. The van der Waals surface area contributed by atoms with Crippen molar-refractivity contribution in [1.29, 1.82) is 5.26 Å². The standard InChI is InChI=1S/C21H20F2N6O/c1-4-12-5-11(9-24)6-15(23)19(12)29(3)17-8-16-18(25-10-28(16)2)20(26-17)27-21(30)13-7-14(13)22/h5-6,8,10,13-14H,4,7H2,1-3H3,(H,26,27,30)/t13-,14+/m1/s1. The second-order valence-corrected chi connectivity index (χ2v) is 7.39. The first-order valence-corrected chi connectivity index (χ1v) is 9.57. The van der Waals surface area contributed by atoms with Crippen molar-refractivity contribution in [2.45, 2.75) is 25.9 Å². The molecular formula is C21H20F2N6O. The lowest BCUT2D eigenvalue weighted by molar-refractivity contribution is -0.117. The number of anilines is 3. The zero-order valence-corrected chi connectivity index (χ0v) is 16.8. The predicted molar refractivity (Wildman–Crippen MR) is 109 cm³/mol. The van der Waals surface area contributed by atoms with Crippen LogP contribution in [-0.4, -0.2) is 33.7 Å². The minimum atomic E-state index is -1.13. The molecule has 0 aliphatic heterocycles. The topological polar surface area (TPSA) is 86.8 Å². The molecule has 3 aromatic rings. The highest BCUT2D eigenvalue weighted by molar-refractivity contribution is 6.01. The van der Waals surface area contributed by atoms with Gasteiger partial charge in [0.15, 0.2) is 5.82 Å². The minimum absolute atomic E-state index is 0.200. The van der Waals surface area contributed by atoms with Crippen LogP contribution < -0.4 is 10.2 Å². The number of hydrogen-bond donors (Lipinski definition) is 1. The van der Waals surface area contributed by atoms with Crippen LogP contribution in [0, 0.1) is 23.1 Å². The fraction of sp³-hybridized carbons (Fsp3) is 0.333. The second-order valence-electron chi connectivity index (χ2n) is 7.39. The molecule has 7 nitrogen and oxygen atoms in total. The second kappa shape index (κ2) is 7.37. The summed E-state index contributed by atoms with van der Waals surface area (Å²) in [6, 6.07) is 6.54. The molecule has 1 N–H and O–H groups in total. The number of nitrogens with zero attached hydrogens (tertiary/aromatic N) is 5. The van der Waals surface area contributed by atoms with Gasteiger partial charge in [-0.25, -0.2) is 18.7 Å². The Hall–Kier alpha value is -3.54. The van der Waals surface area contributed by atoms with Crippen molar-refractivity contribution in [2.24, 2.45) is 13.0 Å². The number of pyridine rings is 1. The Kier molecular flexibility index (Phi) is 4.86. The van der Waals surface area contributed by atoms with Gasteiger partial charge in [0, 0.05) is 20.2 Å². The van der Waals surface area contributed by atoms with Crippen molar-refractivity contribution in [3.05, 3.63) is 41.5 Å². The number of halogens is 2. The van der Waals surface area contributed by atoms with Crippen LogP contribution in [-0.2, 0) is 18.3 Å². The van der Waals surface area contributed by atoms with Crippen molar-refractivity contribution >= 4 is 34.3 Å².